The number of hydrogen-bond donors (Lipinski definition) is 0. The van der Waals surface area contributed by atoms with Crippen LogP contribution in [0.1, 0.15) is 94.6 Å². The molecule has 0 amide bonds. The molecule has 0 spiro atoms. The van der Waals surface area contributed by atoms with Gasteiger partial charge in [0.1, 0.15) is 0 Å². The molecule has 0 unspecified atom stereocenters. The van der Waals surface area contributed by atoms with Crippen LogP contribution in [0, 0.1) is 17.2 Å². The van der Waals surface area contributed by atoms with Crippen molar-refractivity contribution in [3.05, 3.63) is 34.9 Å². The van der Waals surface area contributed by atoms with Crippen molar-refractivity contribution in [1.82, 2.24) is 0 Å². The van der Waals surface area contributed by atoms with Gasteiger partial charge in [-0.25, -0.2) is 0 Å². The number of rotatable bonds is 11. The highest BCUT2D eigenvalue weighted by atomic mass is 16.7. The summed E-state index contributed by atoms with van der Waals surface area (Å²) in [5, 5.41) is 9.51. The van der Waals surface area contributed by atoms with Crippen LogP contribution in [0.4, 0.5) is 0 Å². The van der Waals surface area contributed by atoms with Gasteiger partial charge in [-0.1, -0.05) is 70.9 Å². The lowest BCUT2D eigenvalue weighted by molar-refractivity contribution is -0.206. The number of hydrogen-bond acceptors (Lipinski definition) is 3. The first-order valence-corrected chi connectivity index (χ1v) is 10.5. The van der Waals surface area contributed by atoms with E-state index in [1.165, 1.54) is 51.4 Å². The highest BCUT2D eigenvalue weighted by Crippen LogP contribution is 2.29. The third-order valence-electron chi connectivity index (χ3n) is 5.26. The van der Waals surface area contributed by atoms with Gasteiger partial charge in [-0.3, -0.25) is 0 Å². The molecule has 3 heteroatoms. The molecule has 1 aromatic carbocycles. The Morgan fingerprint density at radius 3 is 2.35 bits per heavy atom. The smallest absolute Gasteiger partial charge is 0.183 e. The number of aryl methyl sites for hydroxylation is 1. The van der Waals surface area contributed by atoms with Crippen molar-refractivity contribution in [1.29, 1.82) is 5.26 Å². The number of benzene rings is 1. The summed E-state index contributed by atoms with van der Waals surface area (Å²) in [5.41, 5.74) is 2.90. The Bertz CT molecular complexity index is 556. The average Bonchev–Trinajstić information content (AvgIpc) is 2.68. The lowest BCUT2D eigenvalue weighted by atomic mass is 9.98. The Morgan fingerprint density at radius 1 is 0.962 bits per heavy atom. The Hall–Kier alpha value is -1.37. The lowest BCUT2D eigenvalue weighted by Gasteiger charge is -2.30. The molecule has 1 fully saturated rings. The minimum atomic E-state index is -0.317. The molecular formula is C23H35NO2. The third kappa shape index (κ3) is 6.74. The van der Waals surface area contributed by atoms with E-state index in [0.29, 0.717) is 5.92 Å². The molecule has 1 aliphatic heterocycles. The Balaban J connectivity index is 1.84. The monoisotopic (exact) mass is 357 g/mol. The van der Waals surface area contributed by atoms with Crippen LogP contribution in [0.5, 0.6) is 0 Å². The van der Waals surface area contributed by atoms with Gasteiger partial charge in [0.05, 0.1) is 24.8 Å². The van der Waals surface area contributed by atoms with Gasteiger partial charge in [-0.2, -0.15) is 5.26 Å². The molecule has 26 heavy (non-hydrogen) atoms. The second-order valence-electron chi connectivity index (χ2n) is 7.55. The summed E-state index contributed by atoms with van der Waals surface area (Å²) < 4.78 is 11.9. The van der Waals surface area contributed by atoms with E-state index >= 15 is 0 Å². The number of ether oxygens (including phenoxy) is 2. The van der Waals surface area contributed by atoms with Crippen molar-refractivity contribution >= 4 is 0 Å². The van der Waals surface area contributed by atoms with Crippen LogP contribution in [0.15, 0.2) is 18.2 Å². The normalized spacial score (nSPS) is 20.0. The van der Waals surface area contributed by atoms with Gasteiger partial charge >= 0.3 is 0 Å². The minimum Gasteiger partial charge on any atom is -0.348 e. The molecule has 2 rings (SSSR count). The van der Waals surface area contributed by atoms with Crippen LogP contribution in [0.2, 0.25) is 0 Å². The predicted molar refractivity (Wildman–Crippen MR) is 106 cm³/mol. The van der Waals surface area contributed by atoms with Crippen molar-refractivity contribution in [2.45, 2.75) is 84.3 Å². The Labute approximate surface area is 159 Å². The zero-order valence-electron chi connectivity index (χ0n) is 16.6. The topological polar surface area (TPSA) is 42.2 Å². The molecule has 0 N–H and O–H groups in total. The fraction of sp³-hybridized carbons (Fsp3) is 0.696. The molecule has 0 aliphatic carbocycles. The zero-order valence-corrected chi connectivity index (χ0v) is 16.6. The molecule has 1 heterocycles. The molecule has 0 bridgehead atoms. The van der Waals surface area contributed by atoms with E-state index in [-0.39, 0.29) is 6.29 Å². The summed E-state index contributed by atoms with van der Waals surface area (Å²) in [5.74, 6) is 0.510. The van der Waals surface area contributed by atoms with Gasteiger partial charge in [-0.05, 0) is 30.9 Å². The van der Waals surface area contributed by atoms with E-state index in [1.807, 2.05) is 6.07 Å². The number of unbranched alkanes of at least 4 members (excludes halogenated alkanes) is 6. The first kappa shape index (κ1) is 20.9. The largest absolute Gasteiger partial charge is 0.348 e. The van der Waals surface area contributed by atoms with Gasteiger partial charge in [-0.15, -0.1) is 0 Å². The average molecular weight is 358 g/mol. The second-order valence-corrected chi connectivity index (χ2v) is 7.55. The summed E-state index contributed by atoms with van der Waals surface area (Å²) >= 11 is 0. The highest BCUT2D eigenvalue weighted by Gasteiger charge is 2.23. The van der Waals surface area contributed by atoms with Crippen molar-refractivity contribution in [3.8, 4) is 6.07 Å². The highest BCUT2D eigenvalue weighted by molar-refractivity contribution is 5.41. The van der Waals surface area contributed by atoms with Crippen LogP contribution in [0.25, 0.3) is 0 Å². The molecule has 0 radical (unpaired) electrons. The van der Waals surface area contributed by atoms with Crippen LogP contribution < -0.4 is 0 Å². The molecule has 1 aliphatic rings. The van der Waals surface area contributed by atoms with E-state index in [4.69, 9.17) is 9.47 Å². The lowest BCUT2D eigenvalue weighted by Crippen LogP contribution is -2.27. The van der Waals surface area contributed by atoms with Gasteiger partial charge < -0.3 is 9.47 Å². The van der Waals surface area contributed by atoms with Crippen LogP contribution in [0.3, 0.4) is 0 Å². The molecule has 0 aromatic heterocycles. The van der Waals surface area contributed by atoms with Crippen molar-refractivity contribution in [2.75, 3.05) is 13.2 Å². The maximum Gasteiger partial charge on any atom is 0.183 e. The Morgan fingerprint density at radius 2 is 1.65 bits per heavy atom. The van der Waals surface area contributed by atoms with Gasteiger partial charge in [0, 0.05) is 11.5 Å². The molecule has 1 saturated heterocycles. The Kier molecular flexibility index (Phi) is 9.74. The van der Waals surface area contributed by atoms with Crippen molar-refractivity contribution < 1.29 is 9.47 Å². The van der Waals surface area contributed by atoms with E-state index in [0.717, 1.165) is 42.7 Å². The zero-order chi connectivity index (χ0) is 18.6. The van der Waals surface area contributed by atoms with E-state index in [9.17, 15) is 5.26 Å². The third-order valence-corrected chi connectivity index (χ3v) is 5.26. The minimum absolute atomic E-state index is 0.317. The molecule has 3 nitrogen and oxygen atoms in total. The van der Waals surface area contributed by atoms with Gasteiger partial charge in [0.2, 0.25) is 0 Å². The fourth-order valence-electron chi connectivity index (χ4n) is 3.57. The molecule has 0 saturated carbocycles. The summed E-state index contributed by atoms with van der Waals surface area (Å²) in [4.78, 5) is 0. The SMILES string of the molecule is CCCCCCCc1ccc(C2OCC(CCCCC)CO2)cc1C#N. The maximum absolute atomic E-state index is 9.51. The summed E-state index contributed by atoms with van der Waals surface area (Å²) in [6.45, 7) is 5.98. The molecule has 1 aromatic rings. The van der Waals surface area contributed by atoms with Gasteiger partial charge in [0.15, 0.2) is 6.29 Å². The van der Waals surface area contributed by atoms with Crippen molar-refractivity contribution in [3.63, 3.8) is 0 Å². The summed E-state index contributed by atoms with van der Waals surface area (Å²) in [7, 11) is 0. The van der Waals surface area contributed by atoms with E-state index < -0.39 is 0 Å². The first-order chi connectivity index (χ1) is 12.8. The quantitative estimate of drug-likeness (QED) is 0.436. The predicted octanol–water partition coefficient (Wildman–Crippen LogP) is 6.31. The second kappa shape index (κ2) is 12.1. The standard InChI is InChI=1S/C23H35NO2/c1-3-5-7-8-10-12-20-13-14-21(15-22(20)16-24)23-25-17-19(18-26-23)11-9-6-4-2/h13-15,19,23H,3-12,17-18H2,1-2H3. The van der Waals surface area contributed by atoms with Crippen LogP contribution >= 0.6 is 0 Å². The van der Waals surface area contributed by atoms with Crippen molar-refractivity contribution in [2.24, 2.45) is 5.92 Å². The summed E-state index contributed by atoms with van der Waals surface area (Å²) in [6.07, 6.45) is 11.9. The first-order valence-electron chi connectivity index (χ1n) is 10.5. The molecule has 0 atom stereocenters. The number of nitrogens with zero attached hydrogens (tertiary/aromatic N) is 1. The number of nitriles is 1. The molecule has 144 valence electrons. The van der Waals surface area contributed by atoms with E-state index in [1.54, 1.807) is 0 Å². The van der Waals surface area contributed by atoms with Gasteiger partial charge in [0.25, 0.3) is 0 Å². The van der Waals surface area contributed by atoms with Crippen LogP contribution in [-0.4, -0.2) is 13.2 Å². The molecular weight excluding hydrogens is 322 g/mol. The van der Waals surface area contributed by atoms with E-state index in [2.05, 4.69) is 32.0 Å². The summed E-state index contributed by atoms with van der Waals surface area (Å²) in [6, 6.07) is 8.49. The maximum atomic E-state index is 9.51. The van der Waals surface area contributed by atoms with Crippen LogP contribution in [-0.2, 0) is 15.9 Å². The fourth-order valence-corrected chi connectivity index (χ4v) is 3.57.